The number of ether oxygens (including phenoxy) is 1. The number of esters is 1. The van der Waals surface area contributed by atoms with E-state index in [0.29, 0.717) is 17.0 Å². The molecule has 2 rings (SSSR count). The summed E-state index contributed by atoms with van der Waals surface area (Å²) in [5.74, 6) is -0.328. The van der Waals surface area contributed by atoms with Gasteiger partial charge >= 0.3 is 5.97 Å². The second-order valence-corrected chi connectivity index (χ2v) is 5.00. The van der Waals surface area contributed by atoms with Crippen molar-refractivity contribution < 1.29 is 14.3 Å². The van der Waals surface area contributed by atoms with Crippen molar-refractivity contribution in [2.75, 3.05) is 0 Å². The summed E-state index contributed by atoms with van der Waals surface area (Å²) in [6.07, 6.45) is 3.62. The van der Waals surface area contributed by atoms with Crippen LogP contribution in [0.5, 0.6) is 5.75 Å². The van der Waals surface area contributed by atoms with Crippen LogP contribution in [0.15, 0.2) is 65.8 Å². The monoisotopic (exact) mass is 322 g/mol. The highest BCUT2D eigenvalue weighted by Crippen LogP contribution is 2.20. The summed E-state index contributed by atoms with van der Waals surface area (Å²) in [6.45, 7) is 2.71. The van der Waals surface area contributed by atoms with Gasteiger partial charge in [-0.3, -0.25) is 9.59 Å². The Bertz CT molecular complexity index is 780. The first kappa shape index (κ1) is 17.1. The van der Waals surface area contributed by atoms with Crippen molar-refractivity contribution in [1.29, 1.82) is 0 Å². The average molecular weight is 322 g/mol. The van der Waals surface area contributed by atoms with Gasteiger partial charge in [0, 0.05) is 19.4 Å². The van der Waals surface area contributed by atoms with E-state index in [4.69, 9.17) is 4.74 Å². The van der Waals surface area contributed by atoms with Gasteiger partial charge < -0.3 is 4.74 Å². The first-order valence-electron chi connectivity index (χ1n) is 7.41. The van der Waals surface area contributed by atoms with E-state index in [1.54, 1.807) is 24.3 Å². The van der Waals surface area contributed by atoms with Gasteiger partial charge in [0.1, 0.15) is 5.75 Å². The molecule has 0 radical (unpaired) electrons. The van der Waals surface area contributed by atoms with Crippen LogP contribution in [0, 0.1) is 0 Å². The normalized spacial score (nSPS) is 11.3. The molecule has 0 aromatic heterocycles. The van der Waals surface area contributed by atoms with Crippen molar-refractivity contribution in [3.63, 3.8) is 0 Å². The predicted molar refractivity (Wildman–Crippen MR) is 93.6 cm³/mol. The molecule has 0 heterocycles. The highest BCUT2D eigenvalue weighted by molar-refractivity contribution is 6.12. The van der Waals surface area contributed by atoms with Gasteiger partial charge in [0.2, 0.25) is 5.91 Å². The van der Waals surface area contributed by atoms with Gasteiger partial charge in [-0.2, -0.15) is 5.10 Å². The SMILES string of the molecule is CC(=O)N/N=C(\C=C\c1ccccc1)c1ccccc1OC(C)=O. The van der Waals surface area contributed by atoms with Crippen LogP contribution in [-0.2, 0) is 9.59 Å². The van der Waals surface area contributed by atoms with E-state index in [0.717, 1.165) is 5.56 Å². The van der Waals surface area contributed by atoms with E-state index in [-0.39, 0.29) is 5.91 Å². The standard InChI is InChI=1S/C19H18N2O3/c1-14(22)20-21-18(13-12-16-8-4-3-5-9-16)17-10-6-7-11-19(17)24-15(2)23/h3-13H,1-2H3,(H,20,22)/b13-12+,21-18+. The largest absolute Gasteiger partial charge is 0.426 e. The average Bonchev–Trinajstić information content (AvgIpc) is 2.56. The minimum atomic E-state index is -0.423. The van der Waals surface area contributed by atoms with E-state index in [9.17, 15) is 9.59 Å². The molecule has 0 bridgehead atoms. The van der Waals surface area contributed by atoms with Crippen molar-refractivity contribution in [2.45, 2.75) is 13.8 Å². The Morgan fingerprint density at radius 3 is 2.33 bits per heavy atom. The number of hydrogen-bond acceptors (Lipinski definition) is 4. The number of nitrogens with zero attached hydrogens (tertiary/aromatic N) is 1. The van der Waals surface area contributed by atoms with Crippen molar-refractivity contribution in [2.24, 2.45) is 5.10 Å². The second-order valence-electron chi connectivity index (χ2n) is 5.00. The van der Waals surface area contributed by atoms with Crippen LogP contribution in [0.2, 0.25) is 0 Å². The fraction of sp³-hybridized carbons (Fsp3) is 0.105. The van der Waals surface area contributed by atoms with Crippen LogP contribution >= 0.6 is 0 Å². The van der Waals surface area contributed by atoms with Crippen LogP contribution < -0.4 is 10.2 Å². The third-order valence-electron chi connectivity index (χ3n) is 2.98. The van der Waals surface area contributed by atoms with E-state index < -0.39 is 5.97 Å². The summed E-state index contributed by atoms with van der Waals surface area (Å²) >= 11 is 0. The Labute approximate surface area is 140 Å². The van der Waals surface area contributed by atoms with Crippen molar-refractivity contribution >= 4 is 23.7 Å². The topological polar surface area (TPSA) is 67.8 Å². The molecule has 0 saturated heterocycles. The number of rotatable bonds is 5. The molecule has 0 spiro atoms. The van der Waals surface area contributed by atoms with Gasteiger partial charge in [-0.05, 0) is 23.8 Å². The first-order valence-corrected chi connectivity index (χ1v) is 7.41. The lowest BCUT2D eigenvalue weighted by Crippen LogP contribution is -2.16. The highest BCUT2D eigenvalue weighted by atomic mass is 16.5. The molecule has 0 aliphatic carbocycles. The molecule has 0 aliphatic rings. The summed E-state index contributed by atoms with van der Waals surface area (Å²) in [5, 5.41) is 4.12. The van der Waals surface area contributed by atoms with Crippen LogP contribution in [0.25, 0.3) is 6.08 Å². The lowest BCUT2D eigenvalue weighted by atomic mass is 10.1. The fourth-order valence-electron chi connectivity index (χ4n) is 1.99. The molecule has 1 amide bonds. The molecule has 0 atom stereocenters. The highest BCUT2D eigenvalue weighted by Gasteiger charge is 2.10. The molecule has 2 aromatic carbocycles. The Morgan fingerprint density at radius 1 is 1.00 bits per heavy atom. The number of amides is 1. The number of nitrogens with one attached hydrogen (secondary N) is 1. The van der Waals surface area contributed by atoms with Gasteiger partial charge in [-0.15, -0.1) is 0 Å². The van der Waals surface area contributed by atoms with E-state index in [1.807, 2.05) is 42.5 Å². The van der Waals surface area contributed by atoms with E-state index in [2.05, 4.69) is 10.5 Å². The molecular formula is C19H18N2O3. The summed E-state index contributed by atoms with van der Waals surface area (Å²) in [5.41, 5.74) is 4.49. The molecule has 122 valence electrons. The maximum Gasteiger partial charge on any atom is 0.308 e. The second kappa shape index (κ2) is 8.43. The van der Waals surface area contributed by atoms with Crippen LogP contribution in [0.1, 0.15) is 25.0 Å². The Balaban J connectivity index is 2.40. The molecule has 5 nitrogen and oxygen atoms in total. The summed E-state index contributed by atoms with van der Waals surface area (Å²) in [6, 6.07) is 16.7. The van der Waals surface area contributed by atoms with Gasteiger partial charge in [0.15, 0.2) is 0 Å². The molecule has 5 heteroatoms. The zero-order chi connectivity index (χ0) is 17.4. The van der Waals surface area contributed by atoms with Crippen LogP contribution in [0.4, 0.5) is 0 Å². The lowest BCUT2D eigenvalue weighted by Gasteiger charge is -2.09. The van der Waals surface area contributed by atoms with Crippen molar-refractivity contribution in [1.82, 2.24) is 5.43 Å². The van der Waals surface area contributed by atoms with Crippen LogP contribution in [-0.4, -0.2) is 17.6 Å². The van der Waals surface area contributed by atoms with E-state index in [1.165, 1.54) is 13.8 Å². The Morgan fingerprint density at radius 2 is 1.67 bits per heavy atom. The van der Waals surface area contributed by atoms with E-state index >= 15 is 0 Å². The number of hydrazone groups is 1. The molecule has 24 heavy (non-hydrogen) atoms. The number of allylic oxidation sites excluding steroid dienone is 1. The molecule has 2 aromatic rings. The van der Waals surface area contributed by atoms with Gasteiger partial charge in [-0.25, -0.2) is 5.43 Å². The summed E-state index contributed by atoms with van der Waals surface area (Å²) in [4.78, 5) is 22.5. The Hall–Kier alpha value is -3.21. The van der Waals surface area contributed by atoms with Crippen molar-refractivity contribution in [3.05, 3.63) is 71.8 Å². The first-order chi connectivity index (χ1) is 11.6. The number of para-hydroxylation sites is 1. The Kier molecular flexibility index (Phi) is 6.02. The molecular weight excluding hydrogens is 304 g/mol. The minimum Gasteiger partial charge on any atom is -0.426 e. The van der Waals surface area contributed by atoms with Crippen molar-refractivity contribution in [3.8, 4) is 5.75 Å². The third-order valence-corrected chi connectivity index (χ3v) is 2.98. The lowest BCUT2D eigenvalue weighted by molar-refractivity contribution is -0.131. The smallest absolute Gasteiger partial charge is 0.308 e. The predicted octanol–water partition coefficient (Wildman–Crippen LogP) is 3.17. The fourth-order valence-corrected chi connectivity index (χ4v) is 1.99. The molecule has 0 fully saturated rings. The maximum atomic E-state index is 11.3. The molecule has 0 aliphatic heterocycles. The van der Waals surface area contributed by atoms with Gasteiger partial charge in [-0.1, -0.05) is 48.5 Å². The minimum absolute atomic E-state index is 0.287. The van der Waals surface area contributed by atoms with Gasteiger partial charge in [0.25, 0.3) is 0 Å². The molecule has 0 saturated carbocycles. The molecule has 0 unspecified atom stereocenters. The molecule has 1 N–H and O–H groups in total. The summed E-state index contributed by atoms with van der Waals surface area (Å²) in [7, 11) is 0. The quantitative estimate of drug-likeness (QED) is 0.398. The maximum absolute atomic E-state index is 11.3. The number of benzene rings is 2. The zero-order valence-corrected chi connectivity index (χ0v) is 13.5. The third kappa shape index (κ3) is 5.21. The summed E-state index contributed by atoms with van der Waals surface area (Å²) < 4.78 is 5.22. The van der Waals surface area contributed by atoms with Crippen LogP contribution in [0.3, 0.4) is 0 Å². The number of carbonyl (C=O) groups excluding carboxylic acids is 2. The van der Waals surface area contributed by atoms with Gasteiger partial charge in [0.05, 0.1) is 5.71 Å². The number of carbonyl (C=O) groups is 2. The number of hydrogen-bond donors (Lipinski definition) is 1. The zero-order valence-electron chi connectivity index (χ0n) is 13.5.